The first kappa shape index (κ1) is 22.9. The molecule has 1 aliphatic carbocycles. The number of halogens is 1. The predicted molar refractivity (Wildman–Crippen MR) is 123 cm³/mol. The van der Waals surface area contributed by atoms with Crippen molar-refractivity contribution < 1.29 is 23.5 Å². The van der Waals surface area contributed by atoms with Gasteiger partial charge in [0.1, 0.15) is 12.4 Å². The molecule has 0 unspecified atom stereocenters. The van der Waals surface area contributed by atoms with Crippen molar-refractivity contribution >= 4 is 11.8 Å². The SMILES string of the molecule is CCOCCOC(=O)C1=C(C)NC2=C(C(=O)C[C@@H](c3ccccc3)C2)[C@H]1c1ccc(F)cc1. The third-order valence-corrected chi connectivity index (χ3v) is 6.19. The van der Waals surface area contributed by atoms with Gasteiger partial charge in [-0.2, -0.15) is 0 Å². The second-order valence-electron chi connectivity index (χ2n) is 8.31. The fourth-order valence-electron chi connectivity index (χ4n) is 4.67. The first-order valence-electron chi connectivity index (χ1n) is 11.3. The summed E-state index contributed by atoms with van der Waals surface area (Å²) < 4.78 is 24.4. The molecule has 0 bridgehead atoms. The number of hydrogen-bond donors (Lipinski definition) is 1. The van der Waals surface area contributed by atoms with Gasteiger partial charge in [-0.3, -0.25) is 4.79 Å². The van der Waals surface area contributed by atoms with Crippen LogP contribution in [-0.4, -0.2) is 31.6 Å². The molecular weight excluding hydrogens is 421 g/mol. The monoisotopic (exact) mass is 449 g/mol. The topological polar surface area (TPSA) is 64.6 Å². The van der Waals surface area contributed by atoms with E-state index in [1.54, 1.807) is 12.1 Å². The normalized spacial score (nSPS) is 20.4. The second kappa shape index (κ2) is 10.1. The van der Waals surface area contributed by atoms with Gasteiger partial charge in [0.05, 0.1) is 12.2 Å². The summed E-state index contributed by atoms with van der Waals surface area (Å²) in [5, 5.41) is 3.32. The summed E-state index contributed by atoms with van der Waals surface area (Å²) in [6, 6.07) is 15.9. The van der Waals surface area contributed by atoms with Gasteiger partial charge in [-0.25, -0.2) is 9.18 Å². The van der Waals surface area contributed by atoms with E-state index in [0.717, 1.165) is 11.3 Å². The Balaban J connectivity index is 1.70. The Labute approximate surface area is 193 Å². The maximum atomic E-state index is 13.7. The quantitative estimate of drug-likeness (QED) is 0.487. The van der Waals surface area contributed by atoms with Crippen LogP contribution >= 0.6 is 0 Å². The number of rotatable bonds is 7. The number of Topliss-reactive ketones (excluding diaryl/α,β-unsaturated/α-hetero) is 1. The number of nitrogens with one attached hydrogen (secondary N) is 1. The number of carbonyl (C=O) groups excluding carboxylic acids is 2. The van der Waals surface area contributed by atoms with Crippen molar-refractivity contribution in [3.63, 3.8) is 0 Å². The van der Waals surface area contributed by atoms with Gasteiger partial charge in [0.25, 0.3) is 0 Å². The second-order valence-corrected chi connectivity index (χ2v) is 8.31. The highest BCUT2D eigenvalue weighted by molar-refractivity contribution is 6.04. The van der Waals surface area contributed by atoms with Crippen molar-refractivity contribution in [2.24, 2.45) is 0 Å². The van der Waals surface area contributed by atoms with Gasteiger partial charge in [0, 0.05) is 35.9 Å². The molecule has 2 atom stereocenters. The molecule has 2 aromatic rings. The van der Waals surface area contributed by atoms with Crippen LogP contribution in [-0.2, 0) is 19.1 Å². The van der Waals surface area contributed by atoms with E-state index in [4.69, 9.17) is 9.47 Å². The Morgan fingerprint density at radius 1 is 1.03 bits per heavy atom. The van der Waals surface area contributed by atoms with Gasteiger partial charge in [0.15, 0.2) is 5.78 Å². The van der Waals surface area contributed by atoms with Crippen molar-refractivity contribution in [2.75, 3.05) is 19.8 Å². The molecule has 1 aliphatic heterocycles. The summed E-state index contributed by atoms with van der Waals surface area (Å²) in [6.45, 7) is 4.64. The zero-order chi connectivity index (χ0) is 23.4. The van der Waals surface area contributed by atoms with Crippen LogP contribution in [0, 0.1) is 5.82 Å². The van der Waals surface area contributed by atoms with E-state index in [1.165, 1.54) is 12.1 Å². The van der Waals surface area contributed by atoms with Crippen molar-refractivity contribution in [2.45, 2.75) is 38.5 Å². The average molecular weight is 450 g/mol. The molecule has 1 heterocycles. The standard InChI is InChI=1S/C27H28FNO4/c1-3-32-13-14-33-27(31)24-17(2)29-22-15-20(18-7-5-4-6-8-18)16-23(30)26(22)25(24)19-9-11-21(28)12-10-19/h4-12,20,25,29H,3,13-16H2,1-2H3/t20-,25-/m0/s1. The minimum Gasteiger partial charge on any atom is -0.460 e. The lowest BCUT2D eigenvalue weighted by Gasteiger charge is -2.36. The largest absolute Gasteiger partial charge is 0.460 e. The summed E-state index contributed by atoms with van der Waals surface area (Å²) in [7, 11) is 0. The van der Waals surface area contributed by atoms with Crippen LogP contribution < -0.4 is 5.32 Å². The Morgan fingerprint density at radius 3 is 2.45 bits per heavy atom. The molecule has 0 saturated heterocycles. The molecule has 2 aliphatic rings. The molecule has 2 aromatic carbocycles. The van der Waals surface area contributed by atoms with Gasteiger partial charge in [0.2, 0.25) is 0 Å². The molecule has 5 nitrogen and oxygen atoms in total. The fourth-order valence-corrected chi connectivity index (χ4v) is 4.67. The fraction of sp³-hybridized carbons (Fsp3) is 0.333. The van der Waals surface area contributed by atoms with Crippen LogP contribution in [0.5, 0.6) is 0 Å². The van der Waals surface area contributed by atoms with Gasteiger partial charge >= 0.3 is 5.97 Å². The lowest BCUT2D eigenvalue weighted by atomic mass is 9.72. The zero-order valence-electron chi connectivity index (χ0n) is 18.9. The third-order valence-electron chi connectivity index (χ3n) is 6.19. The molecule has 0 radical (unpaired) electrons. The van der Waals surface area contributed by atoms with Crippen LogP contribution in [0.15, 0.2) is 77.1 Å². The Morgan fingerprint density at radius 2 is 1.76 bits per heavy atom. The lowest BCUT2D eigenvalue weighted by molar-refractivity contribution is -0.140. The molecule has 4 rings (SSSR count). The highest BCUT2D eigenvalue weighted by atomic mass is 19.1. The van der Waals surface area contributed by atoms with Crippen LogP contribution in [0.1, 0.15) is 49.7 Å². The van der Waals surface area contributed by atoms with E-state index in [-0.39, 0.29) is 24.1 Å². The van der Waals surface area contributed by atoms with Crippen molar-refractivity contribution in [1.82, 2.24) is 5.32 Å². The number of carbonyl (C=O) groups is 2. The van der Waals surface area contributed by atoms with Crippen molar-refractivity contribution in [3.8, 4) is 0 Å². The molecule has 172 valence electrons. The Kier molecular flexibility index (Phi) is 7.04. The summed E-state index contributed by atoms with van der Waals surface area (Å²) >= 11 is 0. The molecule has 0 aromatic heterocycles. The van der Waals surface area contributed by atoms with Gasteiger partial charge in [-0.15, -0.1) is 0 Å². The van der Waals surface area contributed by atoms with Crippen LogP contribution in [0.4, 0.5) is 4.39 Å². The van der Waals surface area contributed by atoms with Crippen molar-refractivity contribution in [3.05, 3.63) is 94.1 Å². The first-order valence-corrected chi connectivity index (χ1v) is 11.3. The van der Waals surface area contributed by atoms with E-state index in [9.17, 15) is 14.0 Å². The molecular formula is C27H28FNO4. The summed E-state index contributed by atoms with van der Waals surface area (Å²) in [5.74, 6) is -1.43. The van der Waals surface area contributed by atoms with Crippen LogP contribution in [0.3, 0.4) is 0 Å². The molecule has 0 spiro atoms. The van der Waals surface area contributed by atoms with E-state index in [1.807, 2.05) is 44.2 Å². The summed E-state index contributed by atoms with van der Waals surface area (Å²) in [5.41, 5.74) is 4.21. The summed E-state index contributed by atoms with van der Waals surface area (Å²) in [4.78, 5) is 26.6. The Bertz CT molecular complexity index is 1090. The molecule has 6 heteroatoms. The number of hydrogen-bond acceptors (Lipinski definition) is 5. The molecule has 33 heavy (non-hydrogen) atoms. The lowest BCUT2D eigenvalue weighted by Crippen LogP contribution is -2.36. The zero-order valence-corrected chi connectivity index (χ0v) is 18.9. The smallest absolute Gasteiger partial charge is 0.336 e. The highest BCUT2D eigenvalue weighted by Crippen LogP contribution is 2.45. The van der Waals surface area contributed by atoms with E-state index >= 15 is 0 Å². The number of benzene rings is 2. The van der Waals surface area contributed by atoms with Crippen LogP contribution in [0.25, 0.3) is 0 Å². The highest BCUT2D eigenvalue weighted by Gasteiger charge is 2.41. The minimum atomic E-state index is -0.606. The molecule has 0 amide bonds. The van der Waals surface area contributed by atoms with Crippen molar-refractivity contribution in [1.29, 1.82) is 0 Å². The van der Waals surface area contributed by atoms with Gasteiger partial charge < -0.3 is 14.8 Å². The summed E-state index contributed by atoms with van der Waals surface area (Å²) in [6.07, 6.45) is 1.01. The number of esters is 1. The third kappa shape index (κ3) is 4.91. The van der Waals surface area contributed by atoms with Gasteiger partial charge in [-0.1, -0.05) is 42.5 Å². The molecule has 0 fully saturated rings. The van der Waals surface area contributed by atoms with E-state index < -0.39 is 11.9 Å². The molecule has 1 N–H and O–H groups in total. The van der Waals surface area contributed by atoms with Gasteiger partial charge in [-0.05, 0) is 49.4 Å². The maximum absolute atomic E-state index is 13.7. The van der Waals surface area contributed by atoms with E-state index in [2.05, 4.69) is 5.32 Å². The number of ketones is 1. The number of dihydropyridines is 1. The minimum absolute atomic E-state index is 0.0148. The Hall–Kier alpha value is -3.25. The van der Waals surface area contributed by atoms with E-state index in [0.29, 0.717) is 48.5 Å². The first-order chi connectivity index (χ1) is 16.0. The number of allylic oxidation sites excluding steroid dienone is 3. The van der Waals surface area contributed by atoms with Crippen LogP contribution in [0.2, 0.25) is 0 Å². The average Bonchev–Trinajstić information content (AvgIpc) is 2.82. The maximum Gasteiger partial charge on any atom is 0.336 e. The molecule has 0 saturated carbocycles. The predicted octanol–water partition coefficient (Wildman–Crippen LogP) is 4.77. The number of ether oxygens (including phenoxy) is 2.